The highest BCUT2D eigenvalue weighted by Gasteiger charge is 2.36. The maximum atomic E-state index is 2.37. The van der Waals surface area contributed by atoms with Gasteiger partial charge in [0.1, 0.15) is 0 Å². The van der Waals surface area contributed by atoms with Gasteiger partial charge >= 0.3 is 0 Å². The Bertz CT molecular complexity index is 2820. The Morgan fingerprint density at radius 2 is 0.714 bits per heavy atom. The minimum atomic E-state index is -0.0347. The van der Waals surface area contributed by atoms with E-state index in [0.29, 0.717) is 0 Å². The van der Waals surface area contributed by atoms with Gasteiger partial charge in [-0.15, -0.1) is 0 Å². The van der Waals surface area contributed by atoms with Gasteiger partial charge in [-0.25, -0.2) is 0 Å². The van der Waals surface area contributed by atoms with Crippen LogP contribution in [0, 0.1) is 0 Å². The van der Waals surface area contributed by atoms with E-state index in [1.807, 2.05) is 0 Å². The molecule has 0 saturated heterocycles. The van der Waals surface area contributed by atoms with E-state index < -0.39 is 0 Å². The Labute approximate surface area is 329 Å². The molecule has 1 aliphatic rings. The fraction of sp³-hybridized carbons (Fsp3) is 0.0545. The summed E-state index contributed by atoms with van der Waals surface area (Å²) < 4.78 is 0. The number of anilines is 3. The molecule has 9 aromatic carbocycles. The lowest BCUT2D eigenvalue weighted by molar-refractivity contribution is 0.660. The average Bonchev–Trinajstić information content (AvgIpc) is 3.51. The van der Waals surface area contributed by atoms with Gasteiger partial charge in [0.25, 0.3) is 0 Å². The second kappa shape index (κ2) is 13.7. The van der Waals surface area contributed by atoms with Crippen molar-refractivity contribution < 1.29 is 0 Å². The molecule has 0 N–H and O–H groups in total. The molecule has 266 valence electrons. The van der Waals surface area contributed by atoms with Crippen LogP contribution in [-0.2, 0) is 5.41 Å². The zero-order valence-electron chi connectivity index (χ0n) is 31.7. The van der Waals surface area contributed by atoms with Crippen molar-refractivity contribution in [2.45, 2.75) is 19.3 Å². The third-order valence-corrected chi connectivity index (χ3v) is 11.7. The molecule has 0 spiro atoms. The number of hydrogen-bond acceptors (Lipinski definition) is 1. The van der Waals surface area contributed by atoms with Crippen LogP contribution in [0.5, 0.6) is 0 Å². The summed E-state index contributed by atoms with van der Waals surface area (Å²) >= 11 is 0. The van der Waals surface area contributed by atoms with E-state index in [0.717, 1.165) is 17.1 Å². The average molecular weight is 716 g/mol. The molecule has 0 radical (unpaired) electrons. The van der Waals surface area contributed by atoms with Gasteiger partial charge < -0.3 is 4.90 Å². The lowest BCUT2D eigenvalue weighted by atomic mass is 9.82. The number of benzene rings is 9. The molecule has 1 aliphatic carbocycles. The summed E-state index contributed by atoms with van der Waals surface area (Å²) in [4.78, 5) is 2.37. The molecule has 0 heterocycles. The Hall–Kier alpha value is -6.96. The van der Waals surface area contributed by atoms with E-state index >= 15 is 0 Å². The topological polar surface area (TPSA) is 3.24 Å². The van der Waals surface area contributed by atoms with Gasteiger partial charge in [0.05, 0.1) is 0 Å². The summed E-state index contributed by atoms with van der Waals surface area (Å²) in [5.74, 6) is 0. The standard InChI is InChI=1S/C55H41N/c1-55(2)52-20-9-8-17-51(52)54-50(19-11-21-53(54)55)44-30-36-47(37-31-44)56(46-34-28-43(29-35-46)49-18-10-15-42-14-6-7-16-48(42)49)45-32-26-41(27-33-45)40-24-22-39(23-25-40)38-12-4-3-5-13-38/h3-37H,1-2H3. The Balaban J connectivity index is 1.03. The number of rotatable bonds is 7. The lowest BCUT2D eigenvalue weighted by Crippen LogP contribution is -2.14. The molecule has 0 amide bonds. The first-order valence-corrected chi connectivity index (χ1v) is 19.5. The van der Waals surface area contributed by atoms with E-state index in [9.17, 15) is 0 Å². The zero-order chi connectivity index (χ0) is 37.6. The Kier molecular flexibility index (Phi) is 8.23. The monoisotopic (exact) mass is 715 g/mol. The van der Waals surface area contributed by atoms with Crippen LogP contribution in [0.25, 0.3) is 66.4 Å². The van der Waals surface area contributed by atoms with E-state index in [4.69, 9.17) is 0 Å². The highest BCUT2D eigenvalue weighted by molar-refractivity contribution is 5.97. The van der Waals surface area contributed by atoms with Crippen molar-refractivity contribution in [3.05, 3.63) is 223 Å². The number of nitrogens with zero attached hydrogens (tertiary/aromatic N) is 1. The zero-order valence-corrected chi connectivity index (χ0v) is 31.7. The third kappa shape index (κ3) is 5.81. The second-order valence-corrected chi connectivity index (χ2v) is 15.3. The first-order valence-electron chi connectivity index (χ1n) is 19.5. The minimum Gasteiger partial charge on any atom is -0.311 e. The van der Waals surface area contributed by atoms with Crippen LogP contribution < -0.4 is 4.90 Å². The predicted molar refractivity (Wildman–Crippen MR) is 238 cm³/mol. The molecule has 9 aromatic rings. The maximum absolute atomic E-state index is 2.37. The van der Waals surface area contributed by atoms with Crippen molar-refractivity contribution in [3.8, 4) is 55.6 Å². The van der Waals surface area contributed by atoms with Gasteiger partial charge in [0.2, 0.25) is 0 Å². The van der Waals surface area contributed by atoms with Gasteiger partial charge in [-0.05, 0) is 114 Å². The van der Waals surface area contributed by atoms with E-state index in [1.54, 1.807) is 0 Å². The summed E-state index contributed by atoms with van der Waals surface area (Å²) in [5, 5.41) is 2.52. The summed E-state index contributed by atoms with van der Waals surface area (Å²) in [6, 6.07) is 77.4. The second-order valence-electron chi connectivity index (χ2n) is 15.3. The molecule has 56 heavy (non-hydrogen) atoms. The molecule has 1 nitrogen and oxygen atoms in total. The fourth-order valence-electron chi connectivity index (χ4n) is 8.79. The van der Waals surface area contributed by atoms with Crippen molar-refractivity contribution >= 4 is 27.8 Å². The molecule has 0 fully saturated rings. The first-order chi connectivity index (χ1) is 27.5. The summed E-state index contributed by atoms with van der Waals surface area (Å²) in [6.45, 7) is 4.69. The summed E-state index contributed by atoms with van der Waals surface area (Å²) in [6.07, 6.45) is 0. The molecule has 0 unspecified atom stereocenters. The van der Waals surface area contributed by atoms with Crippen LogP contribution in [0.1, 0.15) is 25.0 Å². The van der Waals surface area contributed by atoms with Crippen LogP contribution in [0.3, 0.4) is 0 Å². The van der Waals surface area contributed by atoms with Gasteiger partial charge in [0, 0.05) is 22.5 Å². The van der Waals surface area contributed by atoms with E-state index in [2.05, 4.69) is 231 Å². The highest BCUT2D eigenvalue weighted by atomic mass is 15.1. The molecular weight excluding hydrogens is 675 g/mol. The van der Waals surface area contributed by atoms with Gasteiger partial charge in [-0.1, -0.05) is 190 Å². The quantitative estimate of drug-likeness (QED) is 0.159. The van der Waals surface area contributed by atoms with Gasteiger partial charge in [0.15, 0.2) is 0 Å². The summed E-state index contributed by atoms with van der Waals surface area (Å²) in [5.41, 5.74) is 18.6. The van der Waals surface area contributed by atoms with Gasteiger partial charge in [-0.2, -0.15) is 0 Å². The van der Waals surface area contributed by atoms with Crippen molar-refractivity contribution in [2.24, 2.45) is 0 Å². The molecule has 0 aromatic heterocycles. The summed E-state index contributed by atoms with van der Waals surface area (Å²) in [7, 11) is 0. The van der Waals surface area contributed by atoms with Crippen LogP contribution in [-0.4, -0.2) is 0 Å². The van der Waals surface area contributed by atoms with Crippen molar-refractivity contribution in [1.82, 2.24) is 0 Å². The van der Waals surface area contributed by atoms with Crippen LogP contribution in [0.2, 0.25) is 0 Å². The molecule has 10 rings (SSSR count). The van der Waals surface area contributed by atoms with Crippen molar-refractivity contribution in [3.63, 3.8) is 0 Å². The highest BCUT2D eigenvalue weighted by Crippen LogP contribution is 2.52. The molecule has 1 heteroatoms. The fourth-order valence-corrected chi connectivity index (χ4v) is 8.79. The predicted octanol–water partition coefficient (Wildman–Crippen LogP) is 15.3. The van der Waals surface area contributed by atoms with Crippen LogP contribution >= 0.6 is 0 Å². The molecule has 0 aliphatic heterocycles. The Morgan fingerprint density at radius 1 is 0.304 bits per heavy atom. The minimum absolute atomic E-state index is 0.0347. The lowest BCUT2D eigenvalue weighted by Gasteiger charge is -2.26. The molecule has 0 atom stereocenters. The first kappa shape index (κ1) is 33.6. The van der Waals surface area contributed by atoms with E-state index in [1.165, 1.54) is 77.5 Å². The van der Waals surface area contributed by atoms with Crippen molar-refractivity contribution in [2.75, 3.05) is 4.90 Å². The SMILES string of the molecule is CC1(C)c2ccccc2-c2c(-c3ccc(N(c4ccc(-c5ccc(-c6ccccc6)cc5)cc4)c4ccc(-c5cccc6ccccc56)cc4)cc3)cccc21. The van der Waals surface area contributed by atoms with Crippen molar-refractivity contribution in [1.29, 1.82) is 0 Å². The largest absolute Gasteiger partial charge is 0.311 e. The van der Waals surface area contributed by atoms with E-state index in [-0.39, 0.29) is 5.41 Å². The number of hydrogen-bond donors (Lipinski definition) is 0. The Morgan fingerprint density at radius 3 is 1.36 bits per heavy atom. The van der Waals surface area contributed by atoms with Gasteiger partial charge in [-0.3, -0.25) is 0 Å². The molecule has 0 saturated carbocycles. The molecule has 0 bridgehead atoms. The maximum Gasteiger partial charge on any atom is 0.0462 e. The smallest absolute Gasteiger partial charge is 0.0462 e. The van der Waals surface area contributed by atoms with Crippen LogP contribution in [0.4, 0.5) is 17.1 Å². The molecular formula is C55H41N. The third-order valence-electron chi connectivity index (χ3n) is 11.7. The normalized spacial score (nSPS) is 12.6. The van der Waals surface area contributed by atoms with Crippen LogP contribution in [0.15, 0.2) is 212 Å². The number of fused-ring (bicyclic) bond motifs is 4.